The molecule has 2 rings (SSSR count). The first kappa shape index (κ1) is 15.3. The van der Waals surface area contributed by atoms with E-state index in [1.54, 1.807) is 6.07 Å². The van der Waals surface area contributed by atoms with Crippen molar-refractivity contribution < 1.29 is 9.13 Å². The third kappa shape index (κ3) is 3.72. The molecule has 3 atom stereocenters. The van der Waals surface area contributed by atoms with Crippen LogP contribution >= 0.6 is 0 Å². The van der Waals surface area contributed by atoms with Gasteiger partial charge in [0.1, 0.15) is 11.6 Å². The van der Waals surface area contributed by atoms with Crippen molar-refractivity contribution in [3.8, 4) is 5.75 Å². The van der Waals surface area contributed by atoms with E-state index < -0.39 is 0 Å². The van der Waals surface area contributed by atoms with Gasteiger partial charge in [-0.2, -0.15) is 0 Å². The fraction of sp³-hybridized carbons (Fsp3) is 0.647. The second-order valence-corrected chi connectivity index (χ2v) is 7.12. The van der Waals surface area contributed by atoms with E-state index in [0.29, 0.717) is 11.3 Å². The molecule has 0 spiro atoms. The molecule has 0 bridgehead atoms. The summed E-state index contributed by atoms with van der Waals surface area (Å²) in [5, 5.41) is 0. The third-order valence-corrected chi connectivity index (χ3v) is 4.10. The average Bonchev–Trinajstić information content (AvgIpc) is 2.28. The van der Waals surface area contributed by atoms with Crippen LogP contribution in [0.5, 0.6) is 5.75 Å². The molecule has 2 N–H and O–H groups in total. The first-order valence-corrected chi connectivity index (χ1v) is 7.48. The zero-order chi connectivity index (χ0) is 14.9. The second-order valence-electron chi connectivity index (χ2n) is 7.12. The smallest absolute Gasteiger partial charge is 0.124 e. The van der Waals surface area contributed by atoms with Crippen LogP contribution in [0.1, 0.15) is 58.6 Å². The number of rotatable bonds is 3. The molecule has 1 aliphatic carbocycles. The summed E-state index contributed by atoms with van der Waals surface area (Å²) in [6.45, 7) is 8.70. The summed E-state index contributed by atoms with van der Waals surface area (Å²) in [6.07, 6.45) is 3.51. The van der Waals surface area contributed by atoms with E-state index in [4.69, 9.17) is 10.5 Å². The van der Waals surface area contributed by atoms with Crippen LogP contribution in [0.2, 0.25) is 0 Å². The molecule has 0 heterocycles. The molecule has 0 saturated heterocycles. The summed E-state index contributed by atoms with van der Waals surface area (Å²) in [7, 11) is 0. The molecule has 0 radical (unpaired) electrons. The number of nitrogens with two attached hydrogens (primary N) is 1. The minimum Gasteiger partial charge on any atom is -0.490 e. The number of ether oxygens (including phenoxy) is 1. The molecule has 0 aliphatic heterocycles. The van der Waals surface area contributed by atoms with Crippen molar-refractivity contribution in [1.29, 1.82) is 0 Å². The summed E-state index contributed by atoms with van der Waals surface area (Å²) >= 11 is 0. The van der Waals surface area contributed by atoms with Gasteiger partial charge in [0, 0.05) is 11.6 Å². The Kier molecular flexibility index (Phi) is 4.38. The standard InChI is InChI=1S/C17H26FNO/c1-11-7-14(10-17(3,4)9-11)20-16-6-5-13(18)8-15(16)12(2)19/h5-6,8,11-12,14H,7,9-10,19H2,1-4H3/t11?,12-,14?/m1/s1. The highest BCUT2D eigenvalue weighted by molar-refractivity contribution is 5.36. The number of benzene rings is 1. The van der Waals surface area contributed by atoms with E-state index >= 15 is 0 Å². The fourth-order valence-corrected chi connectivity index (χ4v) is 3.51. The molecule has 1 fully saturated rings. The lowest BCUT2D eigenvalue weighted by Crippen LogP contribution is -2.34. The van der Waals surface area contributed by atoms with Crippen LogP contribution < -0.4 is 10.5 Å². The van der Waals surface area contributed by atoms with Crippen LogP contribution in [-0.2, 0) is 0 Å². The number of hydrogen-bond acceptors (Lipinski definition) is 2. The molecular weight excluding hydrogens is 253 g/mol. The van der Waals surface area contributed by atoms with Crippen LogP contribution in [0.25, 0.3) is 0 Å². The Bertz CT molecular complexity index is 470. The maximum absolute atomic E-state index is 13.4. The van der Waals surface area contributed by atoms with Crippen LogP contribution in [-0.4, -0.2) is 6.10 Å². The summed E-state index contributed by atoms with van der Waals surface area (Å²) < 4.78 is 19.5. The lowest BCUT2D eigenvalue weighted by atomic mass is 9.71. The zero-order valence-corrected chi connectivity index (χ0v) is 12.9. The molecule has 112 valence electrons. The Morgan fingerprint density at radius 3 is 2.65 bits per heavy atom. The van der Waals surface area contributed by atoms with Gasteiger partial charge >= 0.3 is 0 Å². The molecule has 3 heteroatoms. The molecule has 0 amide bonds. The van der Waals surface area contributed by atoms with Crippen molar-refractivity contribution in [1.82, 2.24) is 0 Å². The Labute approximate surface area is 121 Å². The lowest BCUT2D eigenvalue weighted by Gasteiger charge is -2.39. The Balaban J connectivity index is 2.17. The van der Waals surface area contributed by atoms with Crippen molar-refractivity contribution in [2.45, 2.75) is 59.1 Å². The zero-order valence-electron chi connectivity index (χ0n) is 12.9. The topological polar surface area (TPSA) is 35.2 Å². The van der Waals surface area contributed by atoms with Gasteiger partial charge in [-0.3, -0.25) is 0 Å². The van der Waals surface area contributed by atoms with Crippen LogP contribution in [0.3, 0.4) is 0 Å². The van der Waals surface area contributed by atoms with Gasteiger partial charge in [0.15, 0.2) is 0 Å². The molecule has 1 saturated carbocycles. The van der Waals surface area contributed by atoms with E-state index in [0.717, 1.165) is 24.2 Å². The van der Waals surface area contributed by atoms with Gasteiger partial charge in [0.2, 0.25) is 0 Å². The minimum atomic E-state index is -0.262. The van der Waals surface area contributed by atoms with Gasteiger partial charge in [-0.1, -0.05) is 20.8 Å². The van der Waals surface area contributed by atoms with E-state index in [-0.39, 0.29) is 18.0 Å². The second kappa shape index (κ2) is 5.72. The molecule has 2 nitrogen and oxygen atoms in total. The molecular formula is C17H26FNO. The monoisotopic (exact) mass is 279 g/mol. The first-order valence-electron chi connectivity index (χ1n) is 7.48. The molecule has 0 aromatic heterocycles. The lowest BCUT2D eigenvalue weighted by molar-refractivity contribution is 0.0554. The molecule has 1 aromatic rings. The van der Waals surface area contributed by atoms with Crippen molar-refractivity contribution >= 4 is 0 Å². The van der Waals surface area contributed by atoms with Gasteiger partial charge in [-0.25, -0.2) is 4.39 Å². The normalized spacial score (nSPS) is 27.1. The van der Waals surface area contributed by atoms with E-state index in [1.807, 2.05) is 6.92 Å². The largest absolute Gasteiger partial charge is 0.490 e. The SMILES string of the molecule is CC1CC(Oc2ccc(F)cc2[C@@H](C)N)CC(C)(C)C1. The Hall–Kier alpha value is -1.09. The summed E-state index contributed by atoms with van der Waals surface area (Å²) in [4.78, 5) is 0. The van der Waals surface area contributed by atoms with Crippen molar-refractivity contribution in [2.75, 3.05) is 0 Å². The quantitative estimate of drug-likeness (QED) is 0.887. The van der Waals surface area contributed by atoms with Gasteiger partial charge in [0.05, 0.1) is 6.10 Å². The minimum absolute atomic E-state index is 0.191. The predicted octanol–water partition coefficient (Wildman–Crippen LogP) is 4.44. The highest BCUT2D eigenvalue weighted by atomic mass is 19.1. The van der Waals surface area contributed by atoms with Gasteiger partial charge in [0.25, 0.3) is 0 Å². The summed E-state index contributed by atoms with van der Waals surface area (Å²) in [5.74, 6) is 1.13. The Morgan fingerprint density at radius 1 is 1.35 bits per heavy atom. The molecule has 1 aliphatic rings. The average molecular weight is 279 g/mol. The molecule has 2 unspecified atom stereocenters. The fourth-order valence-electron chi connectivity index (χ4n) is 3.51. The van der Waals surface area contributed by atoms with E-state index in [2.05, 4.69) is 20.8 Å². The maximum Gasteiger partial charge on any atom is 0.124 e. The predicted molar refractivity (Wildman–Crippen MR) is 80.2 cm³/mol. The molecule has 20 heavy (non-hydrogen) atoms. The third-order valence-electron chi connectivity index (χ3n) is 4.10. The summed E-state index contributed by atoms with van der Waals surface area (Å²) in [6, 6.07) is 4.41. The van der Waals surface area contributed by atoms with E-state index in [9.17, 15) is 4.39 Å². The van der Waals surface area contributed by atoms with Gasteiger partial charge in [-0.05, 0) is 55.7 Å². The number of hydrogen-bond donors (Lipinski definition) is 1. The van der Waals surface area contributed by atoms with Crippen molar-refractivity contribution in [3.05, 3.63) is 29.6 Å². The van der Waals surface area contributed by atoms with Crippen LogP contribution in [0.15, 0.2) is 18.2 Å². The van der Waals surface area contributed by atoms with Gasteiger partial charge < -0.3 is 10.5 Å². The highest BCUT2D eigenvalue weighted by Crippen LogP contribution is 2.40. The highest BCUT2D eigenvalue weighted by Gasteiger charge is 2.33. The van der Waals surface area contributed by atoms with Crippen molar-refractivity contribution in [2.24, 2.45) is 17.1 Å². The van der Waals surface area contributed by atoms with Crippen molar-refractivity contribution in [3.63, 3.8) is 0 Å². The molecule has 1 aromatic carbocycles. The van der Waals surface area contributed by atoms with Crippen LogP contribution in [0.4, 0.5) is 4.39 Å². The van der Waals surface area contributed by atoms with E-state index in [1.165, 1.54) is 18.6 Å². The number of halogens is 1. The van der Waals surface area contributed by atoms with Crippen LogP contribution in [0, 0.1) is 17.2 Å². The summed E-state index contributed by atoms with van der Waals surface area (Å²) in [5.41, 5.74) is 6.98. The van der Waals surface area contributed by atoms with Gasteiger partial charge in [-0.15, -0.1) is 0 Å². The first-order chi connectivity index (χ1) is 9.27. The maximum atomic E-state index is 13.4. The Morgan fingerprint density at radius 2 is 2.05 bits per heavy atom.